The van der Waals surface area contributed by atoms with Gasteiger partial charge in [-0.3, -0.25) is 9.59 Å². The number of aryl methyl sites for hydroxylation is 1. The van der Waals surface area contributed by atoms with Crippen LogP contribution in [0.3, 0.4) is 0 Å². The molecule has 0 saturated carbocycles. The smallest absolute Gasteiger partial charge is 0.242 e. The van der Waals surface area contributed by atoms with E-state index in [-0.39, 0.29) is 18.4 Å². The number of hydrogen-bond acceptors (Lipinski definition) is 3. The Morgan fingerprint density at radius 3 is 2.46 bits per heavy atom. The van der Waals surface area contributed by atoms with Gasteiger partial charge < -0.3 is 19.1 Å². The highest BCUT2D eigenvalue weighted by atomic mass is 16.5. The molecule has 0 fully saturated rings. The average Bonchev–Trinajstić information content (AvgIpc) is 2.99. The normalized spacial score (nSPS) is 10.7. The molecule has 6 heteroatoms. The molecule has 1 aromatic rings. The number of ether oxygens (including phenoxy) is 1. The number of nitrogens with zero attached hydrogens (tertiary/aromatic N) is 3. The van der Waals surface area contributed by atoms with Gasteiger partial charge in [0.2, 0.25) is 11.8 Å². The van der Waals surface area contributed by atoms with E-state index in [1.54, 1.807) is 16.9 Å². The lowest BCUT2D eigenvalue weighted by molar-refractivity contribution is -0.141. The monoisotopic (exact) mass is 337 g/mol. The van der Waals surface area contributed by atoms with Crippen LogP contribution < -0.4 is 0 Å². The summed E-state index contributed by atoms with van der Waals surface area (Å²) >= 11 is 0. The van der Waals surface area contributed by atoms with Gasteiger partial charge in [-0.2, -0.15) is 0 Å². The number of unbranched alkanes of at least 4 members (excludes halogenated alkanes) is 1. The summed E-state index contributed by atoms with van der Waals surface area (Å²) in [6, 6.07) is 3.96. The topological polar surface area (TPSA) is 54.8 Å². The highest BCUT2D eigenvalue weighted by Crippen LogP contribution is 2.07. The van der Waals surface area contributed by atoms with Crippen LogP contribution in [0.5, 0.6) is 0 Å². The fraction of sp³-hybridized carbons (Fsp3) is 0.667. The van der Waals surface area contributed by atoms with Crippen molar-refractivity contribution in [3.05, 3.63) is 24.0 Å². The Hall–Kier alpha value is -1.82. The Balaban J connectivity index is 2.77. The first-order valence-electron chi connectivity index (χ1n) is 8.68. The van der Waals surface area contributed by atoms with Crippen LogP contribution in [-0.4, -0.2) is 59.5 Å². The van der Waals surface area contributed by atoms with Crippen molar-refractivity contribution in [1.82, 2.24) is 14.4 Å². The molecule has 24 heavy (non-hydrogen) atoms. The van der Waals surface area contributed by atoms with Crippen LogP contribution >= 0.6 is 0 Å². The third-order valence-corrected chi connectivity index (χ3v) is 4.09. The van der Waals surface area contributed by atoms with Gasteiger partial charge in [0.1, 0.15) is 0 Å². The molecule has 0 atom stereocenters. The van der Waals surface area contributed by atoms with Crippen molar-refractivity contribution in [2.75, 3.05) is 33.4 Å². The van der Waals surface area contributed by atoms with Gasteiger partial charge in [-0.05, 0) is 18.6 Å². The standard InChI is InChI=1S/C18H31N3O3/c1-5-7-11-20(17(22)6-2)15-18(23)21(12-13-24-4)14-16-9-8-10-19(16)3/h8-10H,5-7,11-15H2,1-4H3. The number of amides is 2. The van der Waals surface area contributed by atoms with Gasteiger partial charge in [0.25, 0.3) is 0 Å². The molecule has 0 aromatic carbocycles. The number of rotatable bonds is 11. The second kappa shape index (κ2) is 10.9. The molecule has 136 valence electrons. The van der Waals surface area contributed by atoms with Crippen molar-refractivity contribution in [3.8, 4) is 0 Å². The molecule has 6 nitrogen and oxygen atoms in total. The molecular weight excluding hydrogens is 306 g/mol. The first-order chi connectivity index (χ1) is 11.5. The van der Waals surface area contributed by atoms with Crippen LogP contribution in [0.1, 0.15) is 38.8 Å². The number of methoxy groups -OCH3 is 1. The van der Waals surface area contributed by atoms with Crippen LogP contribution in [0, 0.1) is 0 Å². The van der Waals surface area contributed by atoms with Crippen molar-refractivity contribution in [1.29, 1.82) is 0 Å². The summed E-state index contributed by atoms with van der Waals surface area (Å²) in [6.07, 6.45) is 4.29. The Labute approximate surface area is 145 Å². The van der Waals surface area contributed by atoms with Crippen molar-refractivity contribution in [2.24, 2.45) is 7.05 Å². The Morgan fingerprint density at radius 1 is 1.17 bits per heavy atom. The average molecular weight is 337 g/mol. The first kappa shape index (κ1) is 20.2. The van der Waals surface area contributed by atoms with E-state index in [1.165, 1.54) is 0 Å². The molecule has 0 unspecified atom stereocenters. The van der Waals surface area contributed by atoms with Crippen molar-refractivity contribution in [2.45, 2.75) is 39.7 Å². The summed E-state index contributed by atoms with van der Waals surface area (Å²) in [5, 5.41) is 0. The van der Waals surface area contributed by atoms with Crippen molar-refractivity contribution in [3.63, 3.8) is 0 Å². The molecule has 0 N–H and O–H groups in total. The van der Waals surface area contributed by atoms with Crippen LogP contribution in [-0.2, 0) is 27.9 Å². The summed E-state index contributed by atoms with van der Waals surface area (Å²) in [4.78, 5) is 28.3. The molecule has 0 bridgehead atoms. The summed E-state index contributed by atoms with van der Waals surface area (Å²) in [6.45, 7) is 6.20. The summed E-state index contributed by atoms with van der Waals surface area (Å²) in [7, 11) is 3.59. The fourth-order valence-corrected chi connectivity index (χ4v) is 2.48. The van der Waals surface area contributed by atoms with Crippen LogP contribution in [0.25, 0.3) is 0 Å². The van der Waals surface area contributed by atoms with E-state index in [4.69, 9.17) is 4.74 Å². The zero-order valence-electron chi connectivity index (χ0n) is 15.5. The van der Waals surface area contributed by atoms with Crippen LogP contribution in [0.15, 0.2) is 18.3 Å². The quantitative estimate of drug-likeness (QED) is 0.621. The zero-order valence-corrected chi connectivity index (χ0v) is 15.5. The molecule has 0 spiro atoms. The zero-order chi connectivity index (χ0) is 17.9. The lowest BCUT2D eigenvalue weighted by Gasteiger charge is -2.27. The number of carbonyl (C=O) groups is 2. The van der Waals surface area contributed by atoms with Gasteiger partial charge in [0.15, 0.2) is 0 Å². The van der Waals surface area contributed by atoms with Crippen LogP contribution in [0.2, 0.25) is 0 Å². The molecule has 2 amide bonds. The maximum Gasteiger partial charge on any atom is 0.242 e. The lowest BCUT2D eigenvalue weighted by atomic mass is 10.2. The minimum absolute atomic E-state index is 0.0300. The third-order valence-electron chi connectivity index (χ3n) is 4.09. The predicted molar refractivity (Wildman–Crippen MR) is 94.5 cm³/mol. The Kier molecular flexibility index (Phi) is 9.15. The maximum absolute atomic E-state index is 12.7. The predicted octanol–water partition coefficient (Wildman–Crippen LogP) is 2.04. The SMILES string of the molecule is CCCCN(CC(=O)N(CCOC)Cc1cccn1C)C(=O)CC. The van der Waals surface area contributed by atoms with E-state index >= 15 is 0 Å². The Morgan fingerprint density at radius 2 is 1.92 bits per heavy atom. The number of carbonyl (C=O) groups excluding carboxylic acids is 2. The minimum atomic E-state index is -0.0360. The molecular formula is C18H31N3O3. The van der Waals surface area contributed by atoms with E-state index in [1.807, 2.05) is 36.9 Å². The van der Waals surface area contributed by atoms with Crippen LogP contribution in [0.4, 0.5) is 0 Å². The molecule has 0 radical (unpaired) electrons. The maximum atomic E-state index is 12.7. The minimum Gasteiger partial charge on any atom is -0.383 e. The molecule has 1 heterocycles. The largest absolute Gasteiger partial charge is 0.383 e. The van der Waals surface area contributed by atoms with E-state index in [2.05, 4.69) is 6.92 Å². The van der Waals surface area contributed by atoms with Gasteiger partial charge in [0.05, 0.1) is 19.7 Å². The molecule has 0 aliphatic rings. The lowest BCUT2D eigenvalue weighted by Crippen LogP contribution is -2.44. The van der Waals surface area contributed by atoms with Gasteiger partial charge in [-0.15, -0.1) is 0 Å². The van der Waals surface area contributed by atoms with Gasteiger partial charge in [-0.25, -0.2) is 0 Å². The molecule has 0 saturated heterocycles. The summed E-state index contributed by atoms with van der Waals surface area (Å²) < 4.78 is 7.13. The third kappa shape index (κ3) is 6.35. The van der Waals surface area contributed by atoms with E-state index in [0.717, 1.165) is 18.5 Å². The molecule has 1 rings (SSSR count). The molecule has 0 aliphatic carbocycles. The Bertz CT molecular complexity index is 513. The van der Waals surface area contributed by atoms with Gasteiger partial charge in [0, 0.05) is 45.6 Å². The highest BCUT2D eigenvalue weighted by molar-refractivity contribution is 5.84. The van der Waals surface area contributed by atoms with E-state index in [0.29, 0.717) is 32.7 Å². The number of hydrogen-bond donors (Lipinski definition) is 0. The second-order valence-electron chi connectivity index (χ2n) is 5.94. The summed E-state index contributed by atoms with van der Waals surface area (Å²) in [5.74, 6) is -0.00601. The van der Waals surface area contributed by atoms with E-state index in [9.17, 15) is 9.59 Å². The van der Waals surface area contributed by atoms with Gasteiger partial charge >= 0.3 is 0 Å². The fourth-order valence-electron chi connectivity index (χ4n) is 2.48. The van der Waals surface area contributed by atoms with E-state index < -0.39 is 0 Å². The highest BCUT2D eigenvalue weighted by Gasteiger charge is 2.20. The second-order valence-corrected chi connectivity index (χ2v) is 5.94. The first-order valence-corrected chi connectivity index (χ1v) is 8.68. The van der Waals surface area contributed by atoms with Crippen molar-refractivity contribution >= 4 is 11.8 Å². The molecule has 1 aromatic heterocycles. The van der Waals surface area contributed by atoms with Crippen molar-refractivity contribution < 1.29 is 14.3 Å². The molecule has 0 aliphatic heterocycles. The summed E-state index contributed by atoms with van der Waals surface area (Å²) in [5.41, 5.74) is 1.06. The number of aromatic nitrogens is 1. The van der Waals surface area contributed by atoms with Gasteiger partial charge in [-0.1, -0.05) is 20.3 Å².